The number of anilines is 1. The van der Waals surface area contributed by atoms with Crippen molar-refractivity contribution in [2.24, 2.45) is 5.92 Å². The number of aromatic nitrogens is 2. The van der Waals surface area contributed by atoms with E-state index in [0.29, 0.717) is 53.3 Å². The molecule has 1 saturated heterocycles. The number of hydrogen-bond donors (Lipinski definition) is 1. The number of hydrogen-bond acceptors (Lipinski definition) is 6. The maximum absolute atomic E-state index is 13.8. The summed E-state index contributed by atoms with van der Waals surface area (Å²) in [6.45, 7) is 6.90. The molecule has 35 heavy (non-hydrogen) atoms. The molecule has 0 spiro atoms. The average Bonchev–Trinajstić information content (AvgIpc) is 3.32. The number of halogens is 4. The monoisotopic (exact) mass is 493 g/mol. The minimum Gasteiger partial charge on any atom is -0.493 e. The van der Waals surface area contributed by atoms with E-state index in [4.69, 9.17) is 14.2 Å². The first-order valence-corrected chi connectivity index (χ1v) is 11.2. The fourth-order valence-electron chi connectivity index (χ4n) is 4.18. The SMILES string of the molecule is COc1cc2nc(C)nc(NCc3cc(F)cc(C(F)(F)F)c3)c2cc1OC(C)(C)C1CCOC1. The van der Waals surface area contributed by atoms with Gasteiger partial charge in [-0.1, -0.05) is 0 Å². The van der Waals surface area contributed by atoms with Gasteiger partial charge in [0.15, 0.2) is 11.5 Å². The fraction of sp³-hybridized carbons (Fsp3) is 0.440. The maximum Gasteiger partial charge on any atom is 0.416 e. The van der Waals surface area contributed by atoms with Gasteiger partial charge in [-0.25, -0.2) is 14.4 Å². The average molecular weight is 494 g/mol. The Bertz CT molecular complexity index is 1220. The summed E-state index contributed by atoms with van der Waals surface area (Å²) in [7, 11) is 1.54. The minimum atomic E-state index is -4.64. The molecule has 3 aromatic rings. The number of rotatable bonds is 7. The van der Waals surface area contributed by atoms with Crippen LogP contribution in [0.3, 0.4) is 0 Å². The Morgan fingerprint density at radius 1 is 1.09 bits per heavy atom. The third-order valence-electron chi connectivity index (χ3n) is 6.12. The summed E-state index contributed by atoms with van der Waals surface area (Å²) >= 11 is 0. The summed E-state index contributed by atoms with van der Waals surface area (Å²) in [4.78, 5) is 8.89. The molecule has 0 saturated carbocycles. The van der Waals surface area contributed by atoms with Gasteiger partial charge in [-0.3, -0.25) is 0 Å². The quantitative estimate of drug-likeness (QED) is 0.413. The van der Waals surface area contributed by atoms with E-state index in [1.54, 1.807) is 19.1 Å². The number of nitrogens with one attached hydrogen (secondary N) is 1. The second kappa shape index (κ2) is 9.49. The van der Waals surface area contributed by atoms with Crippen LogP contribution >= 0.6 is 0 Å². The van der Waals surface area contributed by atoms with Gasteiger partial charge < -0.3 is 19.5 Å². The van der Waals surface area contributed by atoms with Gasteiger partial charge in [0.2, 0.25) is 0 Å². The van der Waals surface area contributed by atoms with Crippen molar-refractivity contribution < 1.29 is 31.8 Å². The highest BCUT2D eigenvalue weighted by Gasteiger charge is 2.35. The molecular weight excluding hydrogens is 466 g/mol. The zero-order valence-corrected chi connectivity index (χ0v) is 19.9. The van der Waals surface area contributed by atoms with E-state index in [0.717, 1.165) is 18.6 Å². The predicted molar refractivity (Wildman–Crippen MR) is 123 cm³/mol. The van der Waals surface area contributed by atoms with Crippen molar-refractivity contribution in [2.45, 2.75) is 45.5 Å². The van der Waals surface area contributed by atoms with Crippen LogP contribution in [0.4, 0.5) is 23.4 Å². The van der Waals surface area contributed by atoms with Gasteiger partial charge in [-0.15, -0.1) is 0 Å². The molecule has 10 heteroatoms. The topological polar surface area (TPSA) is 65.5 Å². The smallest absolute Gasteiger partial charge is 0.416 e. The van der Waals surface area contributed by atoms with Crippen LogP contribution in [0, 0.1) is 18.7 Å². The van der Waals surface area contributed by atoms with Gasteiger partial charge in [0.05, 0.1) is 24.8 Å². The van der Waals surface area contributed by atoms with Crippen molar-refractivity contribution in [3.63, 3.8) is 0 Å². The van der Waals surface area contributed by atoms with Crippen LogP contribution in [0.5, 0.6) is 11.5 Å². The van der Waals surface area contributed by atoms with Gasteiger partial charge >= 0.3 is 6.18 Å². The van der Waals surface area contributed by atoms with E-state index in [1.165, 1.54) is 7.11 Å². The molecule has 188 valence electrons. The van der Waals surface area contributed by atoms with Gasteiger partial charge in [-0.2, -0.15) is 13.2 Å². The van der Waals surface area contributed by atoms with E-state index in [2.05, 4.69) is 15.3 Å². The molecule has 2 heterocycles. The molecule has 4 rings (SSSR count). The highest BCUT2D eigenvalue weighted by Crippen LogP contribution is 2.39. The fourth-order valence-corrected chi connectivity index (χ4v) is 4.18. The largest absolute Gasteiger partial charge is 0.493 e. The third-order valence-corrected chi connectivity index (χ3v) is 6.12. The maximum atomic E-state index is 13.8. The summed E-state index contributed by atoms with van der Waals surface area (Å²) in [5, 5.41) is 3.63. The van der Waals surface area contributed by atoms with Crippen LogP contribution in [0.1, 0.15) is 37.2 Å². The Hall–Kier alpha value is -3.14. The summed E-state index contributed by atoms with van der Waals surface area (Å²) in [5.41, 5.74) is -0.876. The molecule has 1 aliphatic rings. The summed E-state index contributed by atoms with van der Waals surface area (Å²) in [6, 6.07) is 5.93. The van der Waals surface area contributed by atoms with Crippen LogP contribution in [-0.4, -0.2) is 35.9 Å². The molecule has 1 unspecified atom stereocenters. The van der Waals surface area contributed by atoms with Crippen molar-refractivity contribution in [2.75, 3.05) is 25.6 Å². The van der Waals surface area contributed by atoms with Crippen molar-refractivity contribution in [1.29, 1.82) is 0 Å². The highest BCUT2D eigenvalue weighted by molar-refractivity contribution is 5.91. The van der Waals surface area contributed by atoms with E-state index in [9.17, 15) is 17.6 Å². The molecule has 1 fully saturated rings. The third kappa shape index (κ3) is 5.58. The Kier molecular flexibility index (Phi) is 6.77. The second-order valence-corrected chi connectivity index (χ2v) is 9.11. The number of nitrogens with zero attached hydrogens (tertiary/aromatic N) is 2. The number of alkyl halides is 3. The lowest BCUT2D eigenvalue weighted by atomic mass is 9.90. The minimum absolute atomic E-state index is 0.0699. The summed E-state index contributed by atoms with van der Waals surface area (Å²) < 4.78 is 70.5. The summed E-state index contributed by atoms with van der Waals surface area (Å²) in [5.74, 6) is 1.06. The zero-order valence-electron chi connectivity index (χ0n) is 19.9. The Morgan fingerprint density at radius 2 is 1.86 bits per heavy atom. The number of aryl methyl sites for hydroxylation is 1. The Labute approximate surface area is 200 Å². The molecule has 2 aromatic carbocycles. The lowest BCUT2D eigenvalue weighted by molar-refractivity contribution is -0.137. The molecule has 0 bridgehead atoms. The first-order chi connectivity index (χ1) is 16.5. The van der Waals surface area contributed by atoms with Gasteiger partial charge in [-0.05, 0) is 57.0 Å². The number of methoxy groups -OCH3 is 1. The highest BCUT2D eigenvalue weighted by atomic mass is 19.4. The van der Waals surface area contributed by atoms with E-state index in [-0.39, 0.29) is 18.0 Å². The molecular formula is C25H27F4N3O3. The van der Waals surface area contributed by atoms with Crippen molar-refractivity contribution >= 4 is 16.7 Å². The van der Waals surface area contributed by atoms with Crippen molar-refractivity contribution in [3.8, 4) is 11.5 Å². The standard InChI is InChI=1S/C25H27F4N3O3/c1-14-31-20-11-21(33-4)22(35-24(2,3)16-5-6-34-13-16)10-19(20)23(32-14)30-12-15-7-17(25(27,28)29)9-18(26)8-15/h7-11,16H,5-6,12-13H2,1-4H3,(H,30,31,32). The van der Waals surface area contributed by atoms with Crippen LogP contribution in [-0.2, 0) is 17.5 Å². The lowest BCUT2D eigenvalue weighted by Crippen LogP contribution is -2.38. The molecule has 1 aromatic heterocycles. The Balaban J connectivity index is 1.68. The first-order valence-electron chi connectivity index (χ1n) is 11.2. The Morgan fingerprint density at radius 3 is 2.51 bits per heavy atom. The summed E-state index contributed by atoms with van der Waals surface area (Å²) in [6.07, 6.45) is -3.76. The van der Waals surface area contributed by atoms with Gasteiger partial charge in [0.1, 0.15) is 23.1 Å². The van der Waals surface area contributed by atoms with E-state index < -0.39 is 23.2 Å². The van der Waals surface area contributed by atoms with Gasteiger partial charge in [0, 0.05) is 30.5 Å². The van der Waals surface area contributed by atoms with Crippen LogP contribution in [0.15, 0.2) is 30.3 Å². The second-order valence-electron chi connectivity index (χ2n) is 9.11. The lowest BCUT2D eigenvalue weighted by Gasteiger charge is -2.32. The van der Waals surface area contributed by atoms with Crippen molar-refractivity contribution in [3.05, 3.63) is 53.1 Å². The first kappa shape index (κ1) is 25.0. The molecule has 0 amide bonds. The zero-order chi connectivity index (χ0) is 25.4. The van der Waals surface area contributed by atoms with Crippen LogP contribution < -0.4 is 14.8 Å². The number of ether oxygens (including phenoxy) is 3. The van der Waals surface area contributed by atoms with E-state index >= 15 is 0 Å². The molecule has 1 aliphatic heterocycles. The van der Waals surface area contributed by atoms with E-state index in [1.807, 2.05) is 13.8 Å². The van der Waals surface area contributed by atoms with Crippen LogP contribution in [0.25, 0.3) is 10.9 Å². The van der Waals surface area contributed by atoms with Crippen molar-refractivity contribution in [1.82, 2.24) is 9.97 Å². The van der Waals surface area contributed by atoms with Crippen LogP contribution in [0.2, 0.25) is 0 Å². The molecule has 1 N–H and O–H groups in total. The number of fused-ring (bicyclic) bond motifs is 1. The molecule has 6 nitrogen and oxygen atoms in total. The normalized spacial score (nSPS) is 16.5. The van der Waals surface area contributed by atoms with Gasteiger partial charge in [0.25, 0.3) is 0 Å². The molecule has 0 radical (unpaired) electrons. The predicted octanol–water partition coefficient (Wildman–Crippen LogP) is 5.91. The molecule has 0 aliphatic carbocycles. The number of benzene rings is 2. The molecule has 1 atom stereocenters.